The molecule has 3 aromatic rings. The molecule has 0 bridgehead atoms. The van der Waals surface area contributed by atoms with E-state index in [0.717, 1.165) is 35.6 Å². The van der Waals surface area contributed by atoms with Crippen LogP contribution >= 0.6 is 11.6 Å². The number of hydrogen-bond acceptors (Lipinski definition) is 4. The van der Waals surface area contributed by atoms with Crippen LogP contribution < -0.4 is 5.32 Å². The molecule has 0 saturated carbocycles. The molecule has 31 heavy (non-hydrogen) atoms. The normalized spacial score (nSPS) is 15.8. The van der Waals surface area contributed by atoms with Crippen LogP contribution in [0.15, 0.2) is 54.7 Å². The van der Waals surface area contributed by atoms with E-state index < -0.39 is 0 Å². The van der Waals surface area contributed by atoms with E-state index in [1.54, 1.807) is 6.07 Å². The van der Waals surface area contributed by atoms with Gasteiger partial charge in [0.1, 0.15) is 11.6 Å². The summed E-state index contributed by atoms with van der Waals surface area (Å²) >= 11 is 6.03. The number of aromatic nitrogens is 2. The zero-order valence-corrected chi connectivity index (χ0v) is 18.1. The number of aryl methyl sites for hydroxylation is 2. The molecule has 1 aliphatic rings. The fourth-order valence-corrected chi connectivity index (χ4v) is 4.12. The van der Waals surface area contributed by atoms with Gasteiger partial charge >= 0.3 is 0 Å². The number of pyridine rings is 2. The number of rotatable bonds is 6. The van der Waals surface area contributed by atoms with Crippen LogP contribution in [-0.2, 0) is 11.2 Å². The second-order valence-electron chi connectivity index (χ2n) is 7.86. The highest BCUT2D eigenvalue weighted by Crippen LogP contribution is 2.29. The van der Waals surface area contributed by atoms with Crippen molar-refractivity contribution in [2.24, 2.45) is 0 Å². The first-order valence-corrected chi connectivity index (χ1v) is 10.7. The van der Waals surface area contributed by atoms with Crippen LogP contribution in [0, 0.1) is 12.7 Å². The van der Waals surface area contributed by atoms with E-state index in [0.29, 0.717) is 30.2 Å². The minimum Gasteiger partial charge on any atom is -0.342 e. The molecule has 1 N–H and O–H groups in total. The Bertz CT molecular complexity index is 1070. The lowest BCUT2D eigenvalue weighted by Gasteiger charge is -2.17. The molecule has 4 rings (SSSR count). The first-order chi connectivity index (χ1) is 15.0. The average Bonchev–Trinajstić information content (AvgIpc) is 3.24. The Balaban J connectivity index is 1.38. The van der Waals surface area contributed by atoms with Gasteiger partial charge in [0, 0.05) is 47.5 Å². The van der Waals surface area contributed by atoms with E-state index in [-0.39, 0.29) is 17.6 Å². The molecule has 2 aromatic heterocycles. The van der Waals surface area contributed by atoms with Gasteiger partial charge in [0.2, 0.25) is 5.91 Å². The number of nitrogens with zero attached hydrogens (tertiary/aromatic N) is 3. The molecule has 1 saturated heterocycles. The van der Waals surface area contributed by atoms with Crippen LogP contribution in [0.4, 0.5) is 15.9 Å². The summed E-state index contributed by atoms with van der Waals surface area (Å²) in [5.41, 5.74) is 3.76. The van der Waals surface area contributed by atoms with Gasteiger partial charge < -0.3 is 10.2 Å². The number of halogens is 2. The predicted molar refractivity (Wildman–Crippen MR) is 120 cm³/mol. The number of hydrogen-bond donors (Lipinski definition) is 1. The lowest BCUT2D eigenvalue weighted by molar-refractivity contribution is -0.130. The molecule has 1 atom stereocenters. The smallest absolute Gasteiger partial charge is 0.222 e. The first kappa shape index (κ1) is 21.2. The molecule has 3 heterocycles. The highest BCUT2D eigenvalue weighted by Gasteiger charge is 2.28. The lowest BCUT2D eigenvalue weighted by Crippen LogP contribution is -2.28. The first-order valence-electron chi connectivity index (χ1n) is 10.4. The van der Waals surface area contributed by atoms with Crippen LogP contribution in [-0.4, -0.2) is 33.9 Å². The number of carbonyl (C=O) groups excluding carboxylic acids is 1. The number of amides is 1. The van der Waals surface area contributed by atoms with E-state index >= 15 is 0 Å². The van der Waals surface area contributed by atoms with Crippen LogP contribution in [0.25, 0.3) is 0 Å². The van der Waals surface area contributed by atoms with Crippen LogP contribution in [0.5, 0.6) is 0 Å². The molecule has 0 radical (unpaired) electrons. The number of likely N-dealkylation sites (tertiary alicyclic amines) is 1. The van der Waals surface area contributed by atoms with Crippen molar-refractivity contribution < 1.29 is 9.18 Å². The Morgan fingerprint density at radius 1 is 1.26 bits per heavy atom. The van der Waals surface area contributed by atoms with Crippen molar-refractivity contribution in [1.29, 1.82) is 0 Å². The van der Waals surface area contributed by atoms with Crippen molar-refractivity contribution in [2.45, 2.75) is 32.1 Å². The van der Waals surface area contributed by atoms with E-state index in [4.69, 9.17) is 16.6 Å². The predicted octanol–water partition coefficient (Wildman–Crippen LogP) is 5.27. The van der Waals surface area contributed by atoms with Crippen molar-refractivity contribution in [3.8, 4) is 0 Å². The third-order valence-electron chi connectivity index (χ3n) is 5.45. The van der Waals surface area contributed by atoms with Crippen LogP contribution in [0.1, 0.15) is 35.7 Å². The fourth-order valence-electron chi connectivity index (χ4n) is 3.90. The summed E-state index contributed by atoms with van der Waals surface area (Å²) in [4.78, 5) is 23.4. The van der Waals surface area contributed by atoms with Gasteiger partial charge in [-0.25, -0.2) is 9.37 Å². The van der Waals surface area contributed by atoms with E-state index in [1.807, 2.05) is 48.2 Å². The molecule has 0 spiro atoms. The number of benzene rings is 1. The van der Waals surface area contributed by atoms with Crippen molar-refractivity contribution >= 4 is 29.0 Å². The highest BCUT2D eigenvalue weighted by atomic mass is 35.5. The van der Waals surface area contributed by atoms with Gasteiger partial charge in [-0.3, -0.25) is 9.78 Å². The Morgan fingerprint density at radius 3 is 2.90 bits per heavy atom. The quantitative estimate of drug-likeness (QED) is 0.569. The van der Waals surface area contributed by atoms with Gasteiger partial charge in [-0.1, -0.05) is 23.7 Å². The summed E-state index contributed by atoms with van der Waals surface area (Å²) in [6, 6.07) is 14.5. The molecule has 5 nitrogen and oxygen atoms in total. The molecule has 1 aliphatic heterocycles. The van der Waals surface area contributed by atoms with E-state index in [9.17, 15) is 9.18 Å². The maximum absolute atomic E-state index is 13.1. The zero-order chi connectivity index (χ0) is 21.8. The summed E-state index contributed by atoms with van der Waals surface area (Å²) < 4.78 is 13.1. The van der Waals surface area contributed by atoms with Gasteiger partial charge in [-0.2, -0.15) is 0 Å². The Kier molecular flexibility index (Phi) is 6.47. The zero-order valence-electron chi connectivity index (χ0n) is 17.3. The second-order valence-corrected chi connectivity index (χ2v) is 8.30. The maximum Gasteiger partial charge on any atom is 0.222 e. The minimum absolute atomic E-state index is 0.156. The monoisotopic (exact) mass is 438 g/mol. The minimum atomic E-state index is -0.372. The number of carbonyl (C=O) groups is 1. The van der Waals surface area contributed by atoms with Crippen molar-refractivity contribution in [3.63, 3.8) is 0 Å². The van der Waals surface area contributed by atoms with Crippen LogP contribution in [0.2, 0.25) is 5.02 Å². The van der Waals surface area contributed by atoms with Gasteiger partial charge in [-0.15, -0.1) is 0 Å². The molecule has 7 heteroatoms. The molecule has 1 unspecified atom stereocenters. The molecule has 1 aromatic carbocycles. The van der Waals surface area contributed by atoms with E-state index in [1.165, 1.54) is 12.3 Å². The Labute approximate surface area is 186 Å². The molecule has 1 amide bonds. The largest absolute Gasteiger partial charge is 0.342 e. The molecule has 0 aliphatic carbocycles. The topological polar surface area (TPSA) is 58.1 Å². The number of anilines is 2. The van der Waals surface area contributed by atoms with Gasteiger partial charge in [0.25, 0.3) is 0 Å². The molecule has 160 valence electrons. The van der Waals surface area contributed by atoms with Crippen molar-refractivity contribution in [1.82, 2.24) is 14.9 Å². The van der Waals surface area contributed by atoms with E-state index in [2.05, 4.69) is 10.3 Å². The highest BCUT2D eigenvalue weighted by molar-refractivity contribution is 6.30. The maximum atomic E-state index is 13.1. The van der Waals surface area contributed by atoms with Gasteiger partial charge in [-0.05, 0) is 61.7 Å². The third-order valence-corrected chi connectivity index (χ3v) is 5.68. The average molecular weight is 439 g/mol. The summed E-state index contributed by atoms with van der Waals surface area (Å²) in [6.45, 7) is 3.34. The van der Waals surface area contributed by atoms with Gasteiger partial charge in [0.05, 0.1) is 6.20 Å². The third kappa shape index (κ3) is 5.58. The number of nitrogens with one attached hydrogen (secondary N) is 1. The Hall–Kier alpha value is -2.99. The summed E-state index contributed by atoms with van der Waals surface area (Å²) in [7, 11) is 0. The standard InChI is InChI=1S/C24H24ClFN4O/c1-16-11-21(29-23-7-6-20(26)14-27-23)13-22(28-16)18-9-10-30(15-18)24(31)8-5-17-3-2-4-19(25)12-17/h2-4,6-7,11-14,18H,5,8-10,15H2,1H3,(H,27,28,29). The van der Waals surface area contributed by atoms with Crippen molar-refractivity contribution in [2.75, 3.05) is 18.4 Å². The molecular formula is C24H24ClFN4O. The Morgan fingerprint density at radius 2 is 2.13 bits per heavy atom. The molecular weight excluding hydrogens is 415 g/mol. The fraction of sp³-hybridized carbons (Fsp3) is 0.292. The van der Waals surface area contributed by atoms with Crippen molar-refractivity contribution in [3.05, 3.63) is 82.5 Å². The SMILES string of the molecule is Cc1cc(Nc2ccc(F)cn2)cc(C2CCN(C(=O)CCc3cccc(Cl)c3)C2)n1. The second kappa shape index (κ2) is 9.43. The molecule has 1 fully saturated rings. The van der Waals surface area contributed by atoms with Gasteiger partial charge in [0.15, 0.2) is 0 Å². The lowest BCUT2D eigenvalue weighted by atomic mass is 10.0. The summed E-state index contributed by atoms with van der Waals surface area (Å²) in [6.07, 6.45) is 3.22. The summed E-state index contributed by atoms with van der Waals surface area (Å²) in [5, 5.41) is 3.90. The van der Waals surface area contributed by atoms with Crippen LogP contribution in [0.3, 0.4) is 0 Å². The summed E-state index contributed by atoms with van der Waals surface area (Å²) in [5.74, 6) is 0.547.